The summed E-state index contributed by atoms with van der Waals surface area (Å²) in [6, 6.07) is 0. The molecule has 0 aliphatic carbocycles. The number of hydrogen-bond donors (Lipinski definition) is 0. The largest absolute Gasteiger partial charge is 0.459 e. The summed E-state index contributed by atoms with van der Waals surface area (Å²) in [5.41, 5.74) is 0. The summed E-state index contributed by atoms with van der Waals surface area (Å²) >= 11 is 2.90. The van der Waals surface area contributed by atoms with Crippen molar-refractivity contribution < 1.29 is 14.3 Å². The van der Waals surface area contributed by atoms with Crippen molar-refractivity contribution in [2.75, 3.05) is 13.2 Å². The second-order valence-corrected chi connectivity index (χ2v) is 2.92. The Bertz CT molecular complexity index is 162. The Labute approximate surface area is 67.1 Å². The highest BCUT2D eigenvalue weighted by Gasteiger charge is 2.24. The number of rotatable bonds is 3. The van der Waals surface area contributed by atoms with E-state index in [-0.39, 0.29) is 10.6 Å². The van der Waals surface area contributed by atoms with Crippen LogP contribution in [0.4, 0.5) is 0 Å². The first-order valence-corrected chi connectivity index (χ1v) is 3.62. The third kappa shape index (κ3) is 2.49. The fourth-order valence-corrected chi connectivity index (χ4v) is 0.526. The number of ether oxygens (including phenoxy) is 2. The van der Waals surface area contributed by atoms with Gasteiger partial charge in [0.25, 0.3) is 0 Å². The summed E-state index contributed by atoms with van der Waals surface area (Å²) in [5, 5.41) is 0. The van der Waals surface area contributed by atoms with Crippen LogP contribution in [-0.2, 0) is 14.3 Å². The molecule has 0 radical (unpaired) electrons. The predicted octanol–water partition coefficient (Wildman–Crippen LogP) is 0.837. The molecule has 10 heavy (non-hydrogen) atoms. The predicted molar refractivity (Wildman–Crippen MR) is 38.8 cm³/mol. The zero-order chi connectivity index (χ0) is 7.56. The lowest BCUT2D eigenvalue weighted by molar-refractivity contribution is -0.138. The highest BCUT2D eigenvalue weighted by Crippen LogP contribution is 2.10. The van der Waals surface area contributed by atoms with Crippen molar-refractivity contribution in [3.8, 4) is 0 Å². The molecule has 1 rings (SSSR count). The van der Waals surface area contributed by atoms with Crippen molar-refractivity contribution in [1.82, 2.24) is 0 Å². The van der Waals surface area contributed by atoms with Crippen LogP contribution in [-0.4, -0.2) is 25.3 Å². The Balaban J connectivity index is 2.11. The summed E-state index contributed by atoms with van der Waals surface area (Å²) in [7, 11) is 0. The van der Waals surface area contributed by atoms with E-state index >= 15 is 0 Å². The molecule has 1 unspecified atom stereocenters. The second kappa shape index (κ2) is 3.16. The standard InChI is InChI=1S/C6H7BrO3/c1-4(7)6(8)10-3-5-2-9-5/h5H,1-3H2. The maximum Gasteiger partial charge on any atom is 0.344 e. The molecule has 1 aliphatic heterocycles. The van der Waals surface area contributed by atoms with Gasteiger partial charge in [-0.05, 0) is 15.9 Å². The van der Waals surface area contributed by atoms with Crippen LogP contribution in [0.25, 0.3) is 0 Å². The topological polar surface area (TPSA) is 38.8 Å². The van der Waals surface area contributed by atoms with Crippen molar-refractivity contribution in [2.24, 2.45) is 0 Å². The minimum atomic E-state index is -0.421. The van der Waals surface area contributed by atoms with Crippen LogP contribution in [0, 0.1) is 0 Å². The van der Waals surface area contributed by atoms with Gasteiger partial charge in [-0.3, -0.25) is 0 Å². The van der Waals surface area contributed by atoms with Crippen molar-refractivity contribution in [3.63, 3.8) is 0 Å². The van der Waals surface area contributed by atoms with Gasteiger partial charge in [0.15, 0.2) is 0 Å². The van der Waals surface area contributed by atoms with Crippen molar-refractivity contribution in [2.45, 2.75) is 6.10 Å². The van der Waals surface area contributed by atoms with E-state index in [2.05, 4.69) is 22.5 Å². The van der Waals surface area contributed by atoms with E-state index in [1.54, 1.807) is 0 Å². The van der Waals surface area contributed by atoms with Crippen LogP contribution in [0.15, 0.2) is 11.1 Å². The molecular weight excluding hydrogens is 200 g/mol. The van der Waals surface area contributed by atoms with Crippen molar-refractivity contribution in [3.05, 3.63) is 11.1 Å². The molecule has 1 fully saturated rings. The first-order chi connectivity index (χ1) is 4.70. The molecule has 0 aromatic carbocycles. The summed E-state index contributed by atoms with van der Waals surface area (Å²) in [6.07, 6.45) is 0.121. The summed E-state index contributed by atoms with van der Waals surface area (Å²) in [6.45, 7) is 4.39. The first kappa shape index (κ1) is 7.75. The summed E-state index contributed by atoms with van der Waals surface area (Å²) in [5.74, 6) is -0.421. The van der Waals surface area contributed by atoms with Crippen LogP contribution in [0.2, 0.25) is 0 Å². The van der Waals surface area contributed by atoms with E-state index in [1.807, 2.05) is 0 Å². The van der Waals surface area contributed by atoms with Gasteiger partial charge in [0.2, 0.25) is 0 Å². The Kier molecular flexibility index (Phi) is 2.45. The average Bonchev–Trinajstić information content (AvgIpc) is 2.64. The minimum absolute atomic E-state index is 0.121. The molecule has 1 heterocycles. The third-order valence-corrected chi connectivity index (χ3v) is 1.35. The molecule has 0 bridgehead atoms. The Morgan fingerprint density at radius 2 is 2.50 bits per heavy atom. The maximum absolute atomic E-state index is 10.7. The zero-order valence-corrected chi connectivity index (χ0v) is 6.89. The van der Waals surface area contributed by atoms with Crippen LogP contribution >= 0.6 is 15.9 Å². The molecule has 0 aromatic heterocycles. The quantitative estimate of drug-likeness (QED) is 0.391. The van der Waals surface area contributed by atoms with E-state index in [9.17, 15) is 4.79 Å². The molecule has 0 amide bonds. The third-order valence-electron chi connectivity index (χ3n) is 1.02. The van der Waals surface area contributed by atoms with Crippen LogP contribution in [0.1, 0.15) is 0 Å². The fraction of sp³-hybridized carbons (Fsp3) is 0.500. The molecule has 1 aliphatic rings. The lowest BCUT2D eigenvalue weighted by Crippen LogP contribution is -2.08. The lowest BCUT2D eigenvalue weighted by Gasteiger charge is -1.98. The van der Waals surface area contributed by atoms with E-state index in [0.717, 1.165) is 0 Å². The molecule has 0 N–H and O–H groups in total. The number of carbonyl (C=O) groups is 1. The number of esters is 1. The second-order valence-electron chi connectivity index (χ2n) is 1.96. The maximum atomic E-state index is 10.7. The van der Waals surface area contributed by atoms with Gasteiger partial charge in [-0.15, -0.1) is 0 Å². The Morgan fingerprint density at radius 1 is 1.90 bits per heavy atom. The number of carbonyl (C=O) groups excluding carboxylic acids is 1. The number of halogens is 1. The number of epoxide rings is 1. The van der Waals surface area contributed by atoms with Crippen LogP contribution < -0.4 is 0 Å². The van der Waals surface area contributed by atoms with E-state index < -0.39 is 5.97 Å². The Hall–Kier alpha value is -0.350. The number of hydrogen-bond acceptors (Lipinski definition) is 3. The molecule has 0 saturated carbocycles. The highest BCUT2D eigenvalue weighted by molar-refractivity contribution is 9.12. The van der Waals surface area contributed by atoms with Gasteiger partial charge in [0, 0.05) is 0 Å². The molecule has 1 atom stereocenters. The fourth-order valence-electron chi connectivity index (χ4n) is 0.411. The minimum Gasteiger partial charge on any atom is -0.459 e. The molecule has 3 nitrogen and oxygen atoms in total. The highest BCUT2D eigenvalue weighted by atomic mass is 79.9. The van der Waals surface area contributed by atoms with Crippen molar-refractivity contribution >= 4 is 21.9 Å². The summed E-state index contributed by atoms with van der Waals surface area (Å²) < 4.78 is 9.78. The molecule has 1 saturated heterocycles. The Morgan fingerprint density at radius 3 is 2.90 bits per heavy atom. The summed E-state index contributed by atoms with van der Waals surface area (Å²) in [4.78, 5) is 10.7. The smallest absolute Gasteiger partial charge is 0.344 e. The van der Waals surface area contributed by atoms with E-state index in [0.29, 0.717) is 13.2 Å². The zero-order valence-electron chi connectivity index (χ0n) is 5.30. The van der Waals surface area contributed by atoms with Crippen LogP contribution in [0.5, 0.6) is 0 Å². The van der Waals surface area contributed by atoms with Crippen molar-refractivity contribution in [1.29, 1.82) is 0 Å². The molecule has 4 heteroatoms. The van der Waals surface area contributed by atoms with E-state index in [4.69, 9.17) is 9.47 Å². The van der Waals surface area contributed by atoms with Gasteiger partial charge in [-0.25, -0.2) is 4.79 Å². The lowest BCUT2D eigenvalue weighted by atomic mass is 10.5. The molecule has 0 spiro atoms. The molecule has 56 valence electrons. The van der Waals surface area contributed by atoms with Gasteiger partial charge in [-0.2, -0.15) is 0 Å². The normalized spacial score (nSPS) is 21.9. The van der Waals surface area contributed by atoms with Gasteiger partial charge < -0.3 is 9.47 Å². The monoisotopic (exact) mass is 206 g/mol. The van der Waals surface area contributed by atoms with E-state index in [1.165, 1.54) is 0 Å². The molecule has 0 aromatic rings. The SMILES string of the molecule is C=C(Br)C(=O)OCC1CO1. The molecular formula is C6H7BrO3. The van der Waals surface area contributed by atoms with Gasteiger partial charge in [0.1, 0.15) is 12.7 Å². The average molecular weight is 207 g/mol. The van der Waals surface area contributed by atoms with Gasteiger partial charge in [0.05, 0.1) is 11.1 Å². The van der Waals surface area contributed by atoms with Gasteiger partial charge >= 0.3 is 5.97 Å². The van der Waals surface area contributed by atoms with Gasteiger partial charge in [-0.1, -0.05) is 6.58 Å². The first-order valence-electron chi connectivity index (χ1n) is 2.83. The van der Waals surface area contributed by atoms with Crippen LogP contribution in [0.3, 0.4) is 0 Å².